The van der Waals surface area contributed by atoms with Crippen LogP contribution >= 0.6 is 0 Å². The van der Waals surface area contributed by atoms with E-state index in [1.54, 1.807) is 0 Å². The Kier molecular flexibility index (Phi) is 4.63. The van der Waals surface area contributed by atoms with Gasteiger partial charge in [-0.1, -0.05) is 31.5 Å². The van der Waals surface area contributed by atoms with E-state index in [0.717, 1.165) is 31.4 Å². The first-order valence-corrected chi connectivity index (χ1v) is 8.50. The Bertz CT molecular complexity index is 552. The first-order chi connectivity index (χ1) is 10.7. The number of hydrogen-bond acceptors (Lipinski definition) is 2. The van der Waals surface area contributed by atoms with Gasteiger partial charge in [-0.05, 0) is 44.5 Å². The van der Waals surface area contributed by atoms with Crippen molar-refractivity contribution in [1.29, 1.82) is 0 Å². The number of amides is 1. The summed E-state index contributed by atoms with van der Waals surface area (Å²) >= 11 is 0. The van der Waals surface area contributed by atoms with Crippen LogP contribution in [-0.4, -0.2) is 41.4 Å². The molecule has 2 aliphatic rings. The number of nitrogens with zero attached hydrogens (tertiary/aromatic N) is 2. The Hall–Kier alpha value is -1.61. The second kappa shape index (κ2) is 6.66. The summed E-state index contributed by atoms with van der Waals surface area (Å²) in [5, 5.41) is 0. The molecule has 3 rings (SSSR count). The number of carbonyl (C=O) groups is 1. The molecule has 0 N–H and O–H groups in total. The summed E-state index contributed by atoms with van der Waals surface area (Å²) in [5.74, 6) is 0.157. The zero-order valence-corrected chi connectivity index (χ0v) is 13.7. The second-order valence-corrected chi connectivity index (χ2v) is 6.50. The van der Waals surface area contributed by atoms with Gasteiger partial charge < -0.3 is 4.90 Å². The van der Waals surface area contributed by atoms with E-state index in [1.165, 1.54) is 18.5 Å². The van der Waals surface area contributed by atoms with Gasteiger partial charge in [0.15, 0.2) is 0 Å². The minimum Gasteiger partial charge on any atom is -0.312 e. The number of likely N-dealkylation sites (N-methyl/N-ethyl adjacent to an activating group) is 1. The van der Waals surface area contributed by atoms with E-state index in [4.69, 9.17) is 0 Å². The molecule has 0 aliphatic carbocycles. The maximum absolute atomic E-state index is 12.9. The van der Waals surface area contributed by atoms with Gasteiger partial charge in [0.05, 0.1) is 0 Å². The quantitative estimate of drug-likeness (QED) is 0.828. The third-order valence-corrected chi connectivity index (χ3v) is 5.07. The minimum atomic E-state index is 0.157. The Morgan fingerprint density at radius 1 is 1.27 bits per heavy atom. The van der Waals surface area contributed by atoms with Crippen LogP contribution in [0.4, 0.5) is 0 Å². The van der Waals surface area contributed by atoms with Crippen LogP contribution in [0.3, 0.4) is 0 Å². The molecule has 0 aromatic heterocycles. The molecule has 0 saturated carbocycles. The zero-order valence-electron chi connectivity index (χ0n) is 13.7. The Labute approximate surface area is 133 Å². The van der Waals surface area contributed by atoms with Gasteiger partial charge in [0, 0.05) is 36.3 Å². The van der Waals surface area contributed by atoms with Crippen LogP contribution in [0, 0.1) is 0 Å². The third-order valence-electron chi connectivity index (χ3n) is 5.07. The van der Waals surface area contributed by atoms with Crippen molar-refractivity contribution in [2.75, 3.05) is 13.6 Å². The van der Waals surface area contributed by atoms with Crippen molar-refractivity contribution in [2.45, 2.75) is 51.1 Å². The summed E-state index contributed by atoms with van der Waals surface area (Å²) in [7, 11) is 2.21. The maximum Gasteiger partial charge on any atom is 0.257 e. The molecule has 22 heavy (non-hydrogen) atoms. The van der Waals surface area contributed by atoms with Gasteiger partial charge in [0.25, 0.3) is 5.91 Å². The number of rotatable bonds is 5. The highest BCUT2D eigenvalue weighted by Gasteiger charge is 2.36. The van der Waals surface area contributed by atoms with Crippen LogP contribution < -0.4 is 0 Å². The van der Waals surface area contributed by atoms with Crippen molar-refractivity contribution in [3.05, 3.63) is 47.7 Å². The summed E-state index contributed by atoms with van der Waals surface area (Å²) in [6.07, 6.45) is 7.99. The topological polar surface area (TPSA) is 23.6 Å². The van der Waals surface area contributed by atoms with Gasteiger partial charge in [-0.2, -0.15) is 0 Å². The standard InChI is InChI=1S/C19H26N2O/c1-3-4-12-21(19(22)15-8-6-5-7-9-15)18-13-16-10-11-17(14-18)20(16)2/h5-9,13,16-17H,3-4,10-12,14H2,1-2H3. The van der Waals surface area contributed by atoms with Gasteiger partial charge in [0.1, 0.15) is 0 Å². The van der Waals surface area contributed by atoms with E-state index in [2.05, 4.69) is 24.9 Å². The van der Waals surface area contributed by atoms with Crippen molar-refractivity contribution < 1.29 is 4.79 Å². The highest BCUT2D eigenvalue weighted by Crippen LogP contribution is 2.35. The average Bonchev–Trinajstić information content (AvgIpc) is 2.77. The molecule has 1 aromatic rings. The van der Waals surface area contributed by atoms with Crippen molar-refractivity contribution in [3.63, 3.8) is 0 Å². The molecule has 0 spiro atoms. The smallest absolute Gasteiger partial charge is 0.257 e. The number of benzene rings is 1. The fourth-order valence-electron chi connectivity index (χ4n) is 3.65. The molecule has 2 unspecified atom stereocenters. The maximum atomic E-state index is 12.9. The Balaban J connectivity index is 1.84. The molecule has 118 valence electrons. The predicted molar refractivity (Wildman–Crippen MR) is 89.7 cm³/mol. The number of fused-ring (bicyclic) bond motifs is 2. The molecule has 1 fully saturated rings. The molecular formula is C19H26N2O. The third kappa shape index (κ3) is 2.95. The molecule has 1 aromatic carbocycles. The minimum absolute atomic E-state index is 0.157. The van der Waals surface area contributed by atoms with Crippen LogP contribution in [0.25, 0.3) is 0 Å². The molecule has 2 bridgehead atoms. The highest BCUT2D eigenvalue weighted by molar-refractivity contribution is 5.95. The number of hydrogen-bond donors (Lipinski definition) is 0. The van der Waals surface area contributed by atoms with E-state index in [0.29, 0.717) is 12.1 Å². The van der Waals surface area contributed by atoms with E-state index in [-0.39, 0.29) is 5.91 Å². The Morgan fingerprint density at radius 3 is 2.73 bits per heavy atom. The largest absolute Gasteiger partial charge is 0.312 e. The van der Waals surface area contributed by atoms with Gasteiger partial charge in [-0.25, -0.2) is 0 Å². The van der Waals surface area contributed by atoms with Gasteiger partial charge >= 0.3 is 0 Å². The second-order valence-electron chi connectivity index (χ2n) is 6.50. The molecule has 3 nitrogen and oxygen atoms in total. The highest BCUT2D eigenvalue weighted by atomic mass is 16.2. The molecular weight excluding hydrogens is 272 g/mol. The molecule has 2 atom stereocenters. The van der Waals surface area contributed by atoms with Crippen LogP contribution in [0.15, 0.2) is 42.1 Å². The monoisotopic (exact) mass is 298 g/mol. The summed E-state index contributed by atoms with van der Waals surface area (Å²) < 4.78 is 0. The molecule has 0 radical (unpaired) electrons. The van der Waals surface area contributed by atoms with Crippen molar-refractivity contribution in [3.8, 4) is 0 Å². The molecule has 2 aliphatic heterocycles. The molecule has 3 heteroatoms. The van der Waals surface area contributed by atoms with Crippen molar-refractivity contribution in [2.24, 2.45) is 0 Å². The lowest BCUT2D eigenvalue weighted by Gasteiger charge is -2.35. The van der Waals surface area contributed by atoms with E-state index in [9.17, 15) is 4.79 Å². The van der Waals surface area contributed by atoms with Crippen molar-refractivity contribution in [1.82, 2.24) is 9.80 Å². The molecule has 1 saturated heterocycles. The lowest BCUT2D eigenvalue weighted by molar-refractivity contribution is 0.0784. The lowest BCUT2D eigenvalue weighted by Crippen LogP contribution is -2.41. The SMILES string of the molecule is CCCCN(C(=O)c1ccccc1)C1=CC2CCC(C1)N2C. The van der Waals surface area contributed by atoms with Gasteiger partial charge in [-0.15, -0.1) is 0 Å². The summed E-state index contributed by atoms with van der Waals surface area (Å²) in [6.45, 7) is 3.01. The first-order valence-electron chi connectivity index (χ1n) is 8.50. The van der Waals surface area contributed by atoms with Crippen LogP contribution in [0.5, 0.6) is 0 Å². The van der Waals surface area contributed by atoms with E-state index < -0.39 is 0 Å². The fraction of sp³-hybridized carbons (Fsp3) is 0.526. The normalized spacial score (nSPS) is 24.2. The fourth-order valence-corrected chi connectivity index (χ4v) is 3.65. The molecule has 2 heterocycles. The summed E-state index contributed by atoms with van der Waals surface area (Å²) in [6, 6.07) is 10.8. The number of unbranched alkanes of at least 4 members (excludes halogenated alkanes) is 1. The van der Waals surface area contributed by atoms with Crippen LogP contribution in [-0.2, 0) is 0 Å². The first kappa shape index (κ1) is 15.3. The average molecular weight is 298 g/mol. The van der Waals surface area contributed by atoms with Gasteiger partial charge in [-0.3, -0.25) is 9.69 Å². The van der Waals surface area contributed by atoms with Crippen LogP contribution in [0.1, 0.15) is 49.4 Å². The van der Waals surface area contributed by atoms with Crippen LogP contribution in [0.2, 0.25) is 0 Å². The lowest BCUT2D eigenvalue weighted by atomic mass is 10.0. The van der Waals surface area contributed by atoms with Gasteiger partial charge in [0.2, 0.25) is 0 Å². The zero-order chi connectivity index (χ0) is 15.5. The Morgan fingerprint density at radius 2 is 2.05 bits per heavy atom. The molecule has 1 amide bonds. The summed E-state index contributed by atoms with van der Waals surface area (Å²) in [4.78, 5) is 17.4. The predicted octanol–water partition coefficient (Wildman–Crippen LogP) is 3.68. The van der Waals surface area contributed by atoms with Crippen molar-refractivity contribution >= 4 is 5.91 Å². The summed E-state index contributed by atoms with van der Waals surface area (Å²) in [5.41, 5.74) is 2.04. The van der Waals surface area contributed by atoms with E-state index >= 15 is 0 Å². The van der Waals surface area contributed by atoms with E-state index in [1.807, 2.05) is 35.2 Å². The number of carbonyl (C=O) groups excluding carboxylic acids is 1.